The van der Waals surface area contributed by atoms with Crippen LogP contribution in [0.1, 0.15) is 118 Å². The Balaban J connectivity index is 2.52. The van der Waals surface area contributed by atoms with E-state index in [1.807, 2.05) is 0 Å². The number of carboxylic acid groups (broad SMARTS) is 8. The van der Waals surface area contributed by atoms with E-state index in [-0.39, 0.29) is 0 Å². The first-order valence-electron chi connectivity index (χ1n) is 14.3. The molecule has 0 heterocycles. The van der Waals surface area contributed by atoms with Crippen LogP contribution in [0, 0.1) is 0 Å². The fourth-order valence-corrected chi connectivity index (χ4v) is 6.49. The van der Waals surface area contributed by atoms with Crippen LogP contribution in [0.4, 0.5) is 0 Å². The zero-order chi connectivity index (χ0) is 38.1. The van der Waals surface area contributed by atoms with Gasteiger partial charge in [0, 0.05) is 11.3 Å². The van der Waals surface area contributed by atoms with Gasteiger partial charge in [0.05, 0.1) is 44.5 Å². The first kappa shape index (κ1) is 36.5. The summed E-state index contributed by atoms with van der Waals surface area (Å²) in [6.07, 6.45) is 0. The third-order valence-corrected chi connectivity index (χ3v) is 8.42. The molecule has 4 aromatic rings. The minimum atomic E-state index is -2.58. The highest BCUT2D eigenvalue weighted by Crippen LogP contribution is 2.53. The van der Waals surface area contributed by atoms with Crippen molar-refractivity contribution in [3.8, 4) is 0 Å². The number of hydrogen-bond donors (Lipinski definition) is 8. The van der Waals surface area contributed by atoms with Crippen molar-refractivity contribution >= 4 is 47.8 Å². The molecule has 0 atom stereocenters. The van der Waals surface area contributed by atoms with Gasteiger partial charge < -0.3 is 40.9 Å². The summed E-state index contributed by atoms with van der Waals surface area (Å²) in [5.74, 6) is -17.0. The average molecular weight is 701 g/mol. The summed E-state index contributed by atoms with van der Waals surface area (Å²) in [6.45, 7) is 1.05. The van der Waals surface area contributed by atoms with Gasteiger partial charge in [-0.05, 0) is 46.5 Å². The second-order valence-electron chi connectivity index (χ2n) is 11.1. The van der Waals surface area contributed by atoms with E-state index < -0.39 is 126 Å². The van der Waals surface area contributed by atoms with E-state index in [0.717, 1.165) is 79.7 Å². The van der Waals surface area contributed by atoms with Crippen LogP contribution in [0.25, 0.3) is 0 Å². The van der Waals surface area contributed by atoms with Gasteiger partial charge in [-0.2, -0.15) is 0 Å². The number of carbonyl (C=O) groups is 8. The molecule has 0 amide bonds. The molecular weight excluding hydrogens is 676 g/mol. The minimum Gasteiger partial charge on any atom is -0.478 e. The number of carboxylic acids is 8. The predicted molar refractivity (Wildman–Crippen MR) is 170 cm³/mol. The molecule has 0 unspecified atom stereocenters. The van der Waals surface area contributed by atoms with Gasteiger partial charge >= 0.3 is 47.8 Å². The quantitative estimate of drug-likeness (QED) is 0.0957. The Hall–Kier alpha value is -7.36. The van der Waals surface area contributed by atoms with Gasteiger partial charge in [0.2, 0.25) is 0 Å². The van der Waals surface area contributed by atoms with Crippen LogP contribution in [0.5, 0.6) is 0 Å². The Morgan fingerprint density at radius 2 is 0.647 bits per heavy atom. The summed E-state index contributed by atoms with van der Waals surface area (Å²) in [6, 6.07) is 11.7. The second kappa shape index (κ2) is 13.6. The summed E-state index contributed by atoms with van der Waals surface area (Å²) in [5, 5.41) is 81.8. The van der Waals surface area contributed by atoms with Crippen LogP contribution >= 0.6 is 0 Å². The van der Waals surface area contributed by atoms with E-state index in [1.54, 1.807) is 0 Å². The Kier molecular flexibility index (Phi) is 9.75. The van der Waals surface area contributed by atoms with Gasteiger partial charge in [-0.15, -0.1) is 0 Å². The lowest BCUT2D eigenvalue weighted by Gasteiger charge is -2.42. The summed E-state index contributed by atoms with van der Waals surface area (Å²) < 4.78 is 0. The number of benzene rings is 4. The van der Waals surface area contributed by atoms with Crippen LogP contribution in [-0.2, 0) is 5.41 Å². The third-order valence-electron chi connectivity index (χ3n) is 8.42. The van der Waals surface area contributed by atoms with Crippen molar-refractivity contribution in [2.45, 2.75) is 18.3 Å². The predicted octanol–water partition coefficient (Wildman–Crippen LogP) is 4.41. The van der Waals surface area contributed by atoms with Gasteiger partial charge in [0.1, 0.15) is 0 Å². The minimum absolute atomic E-state index is 0.621. The largest absolute Gasteiger partial charge is 0.478 e. The van der Waals surface area contributed by atoms with Gasteiger partial charge in [-0.3, -0.25) is 0 Å². The average Bonchev–Trinajstić information content (AvgIpc) is 3.06. The molecule has 0 spiro atoms. The van der Waals surface area contributed by atoms with Crippen molar-refractivity contribution < 1.29 is 79.2 Å². The van der Waals surface area contributed by atoms with E-state index in [1.165, 1.54) is 0 Å². The van der Waals surface area contributed by atoms with E-state index in [0.29, 0.717) is 0 Å². The highest BCUT2D eigenvalue weighted by molar-refractivity contribution is 6.07. The fraction of sp³-hybridized carbons (Fsp3) is 0.0857. The second-order valence-corrected chi connectivity index (χ2v) is 11.1. The normalized spacial score (nSPS) is 11.1. The van der Waals surface area contributed by atoms with Crippen LogP contribution < -0.4 is 0 Å². The Morgan fingerprint density at radius 3 is 0.902 bits per heavy atom. The maximum Gasteiger partial charge on any atom is 0.336 e. The zero-order valence-electron chi connectivity index (χ0n) is 25.8. The van der Waals surface area contributed by atoms with Gasteiger partial charge in [-0.1, -0.05) is 55.5 Å². The van der Waals surface area contributed by atoms with Gasteiger partial charge in [0.25, 0.3) is 0 Å². The summed E-state index contributed by atoms with van der Waals surface area (Å²) in [7, 11) is 0. The molecule has 0 aliphatic heterocycles. The highest BCUT2D eigenvalue weighted by atomic mass is 16.4. The topological polar surface area (TPSA) is 298 Å². The summed E-state index contributed by atoms with van der Waals surface area (Å²) in [5.41, 5.74) is -12.7. The van der Waals surface area contributed by atoms with E-state index in [9.17, 15) is 79.2 Å². The van der Waals surface area contributed by atoms with Crippen LogP contribution in [0.15, 0.2) is 72.8 Å². The molecule has 8 N–H and O–H groups in total. The highest BCUT2D eigenvalue weighted by Gasteiger charge is 2.48. The lowest BCUT2D eigenvalue weighted by atomic mass is 9.59. The first-order chi connectivity index (χ1) is 23.9. The van der Waals surface area contributed by atoms with Gasteiger partial charge in [0.15, 0.2) is 0 Å². The SMILES string of the molecule is CC(c1cccc(C(=O)O)c1C(=O)O)(c1cccc(C(=O)O)c1C(=O)O)C(c1cccc(C(=O)O)c1C(=O)O)c1cccc(C(=O)O)c1C(=O)O. The van der Waals surface area contributed by atoms with Crippen LogP contribution in [0.3, 0.4) is 0 Å². The van der Waals surface area contributed by atoms with Crippen molar-refractivity contribution in [2.75, 3.05) is 0 Å². The molecule has 16 nitrogen and oxygen atoms in total. The lowest BCUT2D eigenvalue weighted by Crippen LogP contribution is -2.39. The molecule has 4 rings (SSSR count). The number of hydrogen-bond acceptors (Lipinski definition) is 8. The molecule has 260 valence electrons. The maximum atomic E-state index is 12.9. The third kappa shape index (κ3) is 6.19. The smallest absolute Gasteiger partial charge is 0.336 e. The molecule has 0 saturated carbocycles. The Bertz CT molecular complexity index is 2060. The van der Waals surface area contributed by atoms with Crippen molar-refractivity contribution in [3.63, 3.8) is 0 Å². The molecule has 4 aromatic carbocycles. The maximum absolute atomic E-state index is 12.9. The van der Waals surface area contributed by atoms with E-state index >= 15 is 0 Å². The summed E-state index contributed by atoms with van der Waals surface area (Å²) >= 11 is 0. The molecular formula is C35H24O16. The van der Waals surface area contributed by atoms with E-state index in [2.05, 4.69) is 0 Å². The van der Waals surface area contributed by atoms with Crippen molar-refractivity contribution in [3.05, 3.63) is 140 Å². The fourth-order valence-electron chi connectivity index (χ4n) is 6.49. The molecule has 0 aromatic heterocycles. The molecule has 0 aliphatic carbocycles. The van der Waals surface area contributed by atoms with E-state index in [4.69, 9.17) is 0 Å². The molecule has 16 heteroatoms. The number of aromatic carboxylic acids is 8. The Morgan fingerprint density at radius 1 is 0.392 bits per heavy atom. The monoisotopic (exact) mass is 700 g/mol. The molecule has 0 radical (unpaired) electrons. The molecule has 0 aliphatic rings. The zero-order valence-corrected chi connectivity index (χ0v) is 25.8. The van der Waals surface area contributed by atoms with Crippen molar-refractivity contribution in [2.24, 2.45) is 0 Å². The Labute approximate surface area is 284 Å². The van der Waals surface area contributed by atoms with Crippen LogP contribution in [-0.4, -0.2) is 88.6 Å². The van der Waals surface area contributed by atoms with Crippen molar-refractivity contribution in [1.82, 2.24) is 0 Å². The lowest BCUT2D eigenvalue weighted by molar-refractivity contribution is 0.0644. The molecule has 0 fully saturated rings. The molecule has 0 bridgehead atoms. The van der Waals surface area contributed by atoms with Gasteiger partial charge in [-0.25, -0.2) is 38.4 Å². The van der Waals surface area contributed by atoms with Crippen LogP contribution in [0.2, 0.25) is 0 Å². The number of rotatable bonds is 13. The first-order valence-corrected chi connectivity index (χ1v) is 14.3. The molecule has 51 heavy (non-hydrogen) atoms. The summed E-state index contributed by atoms with van der Waals surface area (Å²) in [4.78, 5) is 101. The van der Waals surface area contributed by atoms with Crippen molar-refractivity contribution in [1.29, 1.82) is 0 Å². The molecule has 0 saturated heterocycles. The standard InChI is InChI=1S/C35H24O16/c1-35(20-12-4-10-18(29(40)41)24(20)33(48)49,21-13-5-11-19(30(42)43)25(21)34(50)51)26(14-6-2-8-16(27(36)37)22(14)31(44)45)15-7-3-9-17(28(38)39)23(15)32(46)47/h2-13,26H,1H3,(H,36,37)(H,38,39)(H,40,41)(H,42,43)(H,44,45)(H,46,47)(H,48,49)(H,50,51).